The molecule has 1 aromatic heterocycles. The number of hydrogen-bond donors (Lipinski definition) is 2. The Morgan fingerprint density at radius 2 is 1.28 bits per heavy atom. The van der Waals surface area contributed by atoms with Crippen molar-refractivity contribution in [2.24, 2.45) is 0 Å². The normalized spacial score (nSPS) is 11.1. The lowest BCUT2D eigenvalue weighted by molar-refractivity contribution is -0.124. The summed E-state index contributed by atoms with van der Waals surface area (Å²) >= 11 is 9.63. The fraction of sp³-hybridized carbons (Fsp3) is 0.341. The van der Waals surface area contributed by atoms with E-state index in [9.17, 15) is 14.4 Å². The van der Waals surface area contributed by atoms with Gasteiger partial charge in [-0.2, -0.15) is 23.5 Å². The van der Waals surface area contributed by atoms with Gasteiger partial charge in [0.05, 0.1) is 33.4 Å². The second-order valence-electron chi connectivity index (χ2n) is 13.4. The van der Waals surface area contributed by atoms with Crippen LogP contribution in [0.15, 0.2) is 91.0 Å². The van der Waals surface area contributed by atoms with Gasteiger partial charge in [0.25, 0.3) is 5.91 Å². The Kier molecular flexibility index (Phi) is 17.1. The highest BCUT2D eigenvalue weighted by Crippen LogP contribution is 2.31. The first-order chi connectivity index (χ1) is 27.7. The van der Waals surface area contributed by atoms with Crippen LogP contribution in [0.1, 0.15) is 39.2 Å². The number of carbonyl (C=O) groups is 3. The lowest BCUT2D eigenvalue weighted by atomic mass is 10.1. The molecule has 0 unspecified atom stereocenters. The molecule has 4 aromatic carbocycles. The van der Waals surface area contributed by atoms with Crippen molar-refractivity contribution < 1.29 is 28.6 Å². The zero-order valence-electron chi connectivity index (χ0n) is 33.0. The molecule has 1 heterocycles. The number of benzene rings is 4. The van der Waals surface area contributed by atoms with Gasteiger partial charge in [-0.05, 0) is 96.8 Å². The minimum atomic E-state index is -0.159. The van der Waals surface area contributed by atoms with Crippen molar-refractivity contribution in [2.45, 2.75) is 31.3 Å². The first kappa shape index (κ1) is 43.5. The predicted molar refractivity (Wildman–Crippen MR) is 233 cm³/mol. The topological polar surface area (TPSA) is 111 Å². The average molecular weight is 832 g/mol. The molecule has 302 valence electrons. The number of ether oxygens (including phenoxy) is 3. The van der Waals surface area contributed by atoms with Gasteiger partial charge in [-0.15, -0.1) is 0 Å². The van der Waals surface area contributed by atoms with Crippen molar-refractivity contribution in [3.8, 4) is 17.2 Å². The number of hydrogen-bond acceptors (Lipinski definition) is 9. The molecular weight excluding hydrogens is 780 g/mol. The van der Waals surface area contributed by atoms with Crippen molar-refractivity contribution in [1.82, 2.24) is 20.1 Å². The third kappa shape index (κ3) is 12.9. The van der Waals surface area contributed by atoms with Gasteiger partial charge < -0.3 is 24.8 Å². The Bertz CT molecular complexity index is 2070. The molecule has 0 aliphatic carbocycles. The maximum atomic E-state index is 13.7. The maximum Gasteiger partial charge on any atom is 0.262 e. The molecule has 0 radical (unpaired) electrons. The van der Waals surface area contributed by atoms with Crippen LogP contribution in [-0.2, 0) is 27.5 Å². The third-order valence-electron chi connectivity index (χ3n) is 9.53. The van der Waals surface area contributed by atoms with Crippen LogP contribution in [0.4, 0.5) is 0 Å². The fourth-order valence-corrected chi connectivity index (χ4v) is 8.28. The monoisotopic (exact) mass is 830 g/mol. The molecule has 0 bridgehead atoms. The molecule has 5 rings (SSSR count). The summed E-state index contributed by atoms with van der Waals surface area (Å²) in [6.07, 6.45) is 0.768. The quantitative estimate of drug-likeness (QED) is 0.0680. The van der Waals surface area contributed by atoms with Gasteiger partial charge in [0.2, 0.25) is 11.8 Å². The number of methoxy groups -OCH3 is 3. The van der Waals surface area contributed by atoms with Crippen LogP contribution in [0.25, 0.3) is 10.9 Å². The molecule has 0 aliphatic heterocycles. The molecule has 57 heavy (non-hydrogen) atoms. The van der Waals surface area contributed by atoms with Crippen LogP contribution in [0.5, 0.6) is 17.2 Å². The van der Waals surface area contributed by atoms with Crippen LogP contribution in [0.2, 0.25) is 5.02 Å². The number of nitrogens with zero attached hydrogens (tertiary/aromatic N) is 2. The first-order valence-corrected chi connectivity index (χ1v) is 21.5. The first-order valence-electron chi connectivity index (χ1n) is 18.8. The number of aromatic nitrogens is 1. The zero-order valence-corrected chi connectivity index (χ0v) is 35.4. The van der Waals surface area contributed by atoms with Gasteiger partial charge in [-0.25, -0.2) is 0 Å². The van der Waals surface area contributed by atoms with Gasteiger partial charge in [0.1, 0.15) is 17.2 Å². The Morgan fingerprint density at radius 3 is 1.89 bits per heavy atom. The van der Waals surface area contributed by atoms with E-state index in [0.717, 1.165) is 56.7 Å². The van der Waals surface area contributed by atoms with Crippen LogP contribution in [-0.4, -0.2) is 92.7 Å². The van der Waals surface area contributed by atoms with Crippen LogP contribution in [0.3, 0.4) is 0 Å². The van der Waals surface area contributed by atoms with E-state index >= 15 is 0 Å². The molecule has 0 aliphatic rings. The summed E-state index contributed by atoms with van der Waals surface area (Å²) in [5.41, 5.74) is 5.45. The van der Waals surface area contributed by atoms with Crippen LogP contribution in [0, 0.1) is 6.92 Å². The van der Waals surface area contributed by atoms with Gasteiger partial charge in [0, 0.05) is 77.3 Å². The molecule has 2 N–H and O–H groups in total. The molecule has 0 spiro atoms. The molecule has 10 nitrogen and oxygen atoms in total. The van der Waals surface area contributed by atoms with Gasteiger partial charge in [-0.3, -0.25) is 23.9 Å². The average Bonchev–Trinajstić information content (AvgIpc) is 3.51. The molecule has 0 atom stereocenters. The van der Waals surface area contributed by atoms with Crippen LogP contribution < -0.4 is 24.8 Å². The number of amides is 2. The molecule has 0 fully saturated rings. The van der Waals surface area contributed by atoms with E-state index < -0.39 is 0 Å². The Hall–Kier alpha value is -4.62. The van der Waals surface area contributed by atoms with Gasteiger partial charge in [0.15, 0.2) is 0 Å². The Balaban J connectivity index is 1.14. The fourth-order valence-electron chi connectivity index (χ4n) is 6.37. The maximum absolute atomic E-state index is 13.7. The van der Waals surface area contributed by atoms with E-state index in [4.69, 9.17) is 25.8 Å². The highest BCUT2D eigenvalue weighted by Gasteiger charge is 2.21. The van der Waals surface area contributed by atoms with E-state index in [1.54, 1.807) is 73.7 Å². The number of thioether (sulfide) groups is 2. The van der Waals surface area contributed by atoms with Crippen molar-refractivity contribution in [3.63, 3.8) is 0 Å². The van der Waals surface area contributed by atoms with E-state index in [1.165, 1.54) is 11.1 Å². The minimum Gasteiger partial charge on any atom is -0.497 e. The van der Waals surface area contributed by atoms with Crippen molar-refractivity contribution >= 4 is 63.7 Å². The summed E-state index contributed by atoms with van der Waals surface area (Å²) in [6.45, 7) is 4.19. The van der Waals surface area contributed by atoms with Gasteiger partial charge in [-0.1, -0.05) is 35.9 Å². The van der Waals surface area contributed by atoms with Crippen molar-refractivity contribution in [1.29, 1.82) is 0 Å². The second kappa shape index (κ2) is 22.4. The van der Waals surface area contributed by atoms with E-state index in [-0.39, 0.29) is 30.7 Å². The molecular formula is C44H51ClN4O6S2. The highest BCUT2D eigenvalue weighted by atomic mass is 35.5. The third-order valence-corrected chi connectivity index (χ3v) is 11.8. The molecule has 5 aromatic rings. The van der Waals surface area contributed by atoms with E-state index in [0.29, 0.717) is 48.9 Å². The summed E-state index contributed by atoms with van der Waals surface area (Å²) < 4.78 is 17.7. The predicted octanol–water partition coefficient (Wildman–Crippen LogP) is 7.65. The van der Waals surface area contributed by atoms with Crippen LogP contribution >= 0.6 is 35.1 Å². The minimum absolute atomic E-state index is 0.0592. The zero-order chi connectivity index (χ0) is 40.6. The number of carbonyl (C=O) groups excluding carboxylic acids is 3. The number of rotatable bonds is 22. The summed E-state index contributed by atoms with van der Waals surface area (Å²) in [4.78, 5) is 42.0. The number of halogens is 1. The van der Waals surface area contributed by atoms with Crippen molar-refractivity contribution in [2.75, 3.05) is 65.6 Å². The second-order valence-corrected chi connectivity index (χ2v) is 16.0. The largest absolute Gasteiger partial charge is 0.497 e. The SMILES string of the molecule is COc1ccc(CSCCNC(=O)CN(CCSCc2ccc(OC)cc2)CCC(=O)NCCc2c(C)n(C(=O)c3ccc(Cl)cc3)c3ccc(OC)cc23)cc1. The van der Waals surface area contributed by atoms with Gasteiger partial charge >= 0.3 is 0 Å². The summed E-state index contributed by atoms with van der Waals surface area (Å²) in [5.74, 6) is 5.30. The Labute approximate surface area is 349 Å². The molecule has 2 amide bonds. The summed E-state index contributed by atoms with van der Waals surface area (Å²) in [7, 11) is 4.92. The summed E-state index contributed by atoms with van der Waals surface area (Å²) in [6, 6.07) is 28.5. The molecule has 0 saturated heterocycles. The Morgan fingerprint density at radius 1 is 0.702 bits per heavy atom. The lowest BCUT2D eigenvalue weighted by Gasteiger charge is -2.21. The smallest absolute Gasteiger partial charge is 0.262 e. The van der Waals surface area contributed by atoms with E-state index in [2.05, 4.69) is 34.9 Å². The highest BCUT2D eigenvalue weighted by molar-refractivity contribution is 7.98. The molecule has 0 saturated carbocycles. The van der Waals surface area contributed by atoms with Crippen molar-refractivity contribution in [3.05, 3.63) is 124 Å². The number of nitrogens with one attached hydrogen (secondary N) is 2. The molecule has 13 heteroatoms. The lowest BCUT2D eigenvalue weighted by Crippen LogP contribution is -2.41. The number of fused-ring (bicyclic) bond motifs is 1. The van der Waals surface area contributed by atoms with E-state index in [1.807, 2.05) is 54.3 Å². The standard InChI is InChI=1S/C44H51ClN4O6S2/c1-31-39(40-27-38(55-4)17-18-41(40)49(31)44(52)34-9-11-35(45)12-10-34)19-21-46-42(50)20-23-48(24-26-57-30-33-7-15-37(54-3)16-8-33)28-43(51)47-22-25-56-29-32-5-13-36(53-2)14-6-32/h5-18,27H,19-26,28-30H2,1-4H3,(H,46,50)(H,47,51). The summed E-state index contributed by atoms with van der Waals surface area (Å²) in [5, 5.41) is 7.58.